The lowest BCUT2D eigenvalue weighted by Gasteiger charge is -2.08. The minimum absolute atomic E-state index is 0.0424. The molecule has 21 heavy (non-hydrogen) atoms. The zero-order valence-corrected chi connectivity index (χ0v) is 11.4. The van der Waals surface area contributed by atoms with Gasteiger partial charge in [0, 0.05) is 17.0 Å². The fourth-order valence-electron chi connectivity index (χ4n) is 2.15. The molecule has 2 aromatic carbocycles. The Balaban J connectivity index is 2.35. The molecule has 5 heteroatoms. The number of rotatable bonds is 2. The zero-order chi connectivity index (χ0) is 15.0. The zero-order valence-electron chi connectivity index (χ0n) is 10.7. The van der Waals surface area contributed by atoms with Gasteiger partial charge in [-0.15, -0.1) is 0 Å². The summed E-state index contributed by atoms with van der Waals surface area (Å²) in [4.78, 5) is 15.8. The molecule has 0 radical (unpaired) electrons. The van der Waals surface area contributed by atoms with Gasteiger partial charge >= 0.3 is 5.97 Å². The molecule has 0 atom stereocenters. The largest absolute Gasteiger partial charge is 0.478 e. The van der Waals surface area contributed by atoms with Crippen LogP contribution in [0.1, 0.15) is 10.4 Å². The van der Waals surface area contributed by atoms with Crippen molar-refractivity contribution >= 4 is 28.5 Å². The second kappa shape index (κ2) is 5.14. The highest BCUT2D eigenvalue weighted by Gasteiger charge is 2.15. The third-order valence-corrected chi connectivity index (χ3v) is 3.44. The number of carboxylic acids is 1. The second-order valence-electron chi connectivity index (χ2n) is 4.51. The van der Waals surface area contributed by atoms with E-state index in [1.165, 1.54) is 12.1 Å². The molecular weight excluding hydrogens is 293 g/mol. The molecule has 0 aliphatic heterocycles. The summed E-state index contributed by atoms with van der Waals surface area (Å²) in [5.74, 6) is -1.74. The van der Waals surface area contributed by atoms with E-state index in [9.17, 15) is 14.3 Å². The molecule has 0 bridgehead atoms. The molecule has 3 rings (SSSR count). The van der Waals surface area contributed by atoms with Crippen LogP contribution in [0.4, 0.5) is 4.39 Å². The summed E-state index contributed by atoms with van der Waals surface area (Å²) < 4.78 is 13.6. The van der Waals surface area contributed by atoms with Crippen molar-refractivity contribution < 1.29 is 14.3 Å². The molecule has 0 amide bonds. The van der Waals surface area contributed by atoms with E-state index in [2.05, 4.69) is 4.98 Å². The van der Waals surface area contributed by atoms with Gasteiger partial charge in [0.05, 0.1) is 21.8 Å². The smallest absolute Gasteiger partial charge is 0.336 e. The number of halogens is 2. The minimum Gasteiger partial charge on any atom is -0.478 e. The Morgan fingerprint density at radius 1 is 1.14 bits per heavy atom. The van der Waals surface area contributed by atoms with Crippen molar-refractivity contribution in [3.05, 3.63) is 64.9 Å². The molecule has 1 aromatic heterocycles. The van der Waals surface area contributed by atoms with Crippen LogP contribution in [0, 0.1) is 5.82 Å². The molecule has 104 valence electrons. The van der Waals surface area contributed by atoms with Gasteiger partial charge in [-0.05, 0) is 12.1 Å². The fourth-order valence-corrected chi connectivity index (χ4v) is 2.32. The predicted molar refractivity (Wildman–Crippen MR) is 79.1 cm³/mol. The number of benzene rings is 2. The van der Waals surface area contributed by atoms with E-state index in [0.717, 1.165) is 11.6 Å². The molecule has 0 saturated carbocycles. The average molecular weight is 302 g/mol. The van der Waals surface area contributed by atoms with Gasteiger partial charge in [0.1, 0.15) is 5.82 Å². The van der Waals surface area contributed by atoms with Crippen LogP contribution in [0.5, 0.6) is 0 Å². The Morgan fingerprint density at radius 3 is 2.52 bits per heavy atom. The van der Waals surface area contributed by atoms with Gasteiger partial charge in [-0.3, -0.25) is 0 Å². The Kier molecular flexibility index (Phi) is 3.31. The third-order valence-electron chi connectivity index (χ3n) is 3.15. The van der Waals surface area contributed by atoms with E-state index in [-0.39, 0.29) is 16.1 Å². The van der Waals surface area contributed by atoms with Crippen molar-refractivity contribution in [2.24, 2.45) is 0 Å². The summed E-state index contributed by atoms with van der Waals surface area (Å²) in [6.07, 6.45) is 0. The summed E-state index contributed by atoms with van der Waals surface area (Å²) in [7, 11) is 0. The van der Waals surface area contributed by atoms with Crippen molar-refractivity contribution in [3.63, 3.8) is 0 Å². The molecular formula is C16H9ClFNO2. The predicted octanol–water partition coefficient (Wildman–Crippen LogP) is 4.39. The van der Waals surface area contributed by atoms with Crippen LogP contribution in [-0.2, 0) is 0 Å². The number of hydrogen-bond acceptors (Lipinski definition) is 2. The highest BCUT2D eigenvalue weighted by molar-refractivity contribution is 6.31. The van der Waals surface area contributed by atoms with Crippen LogP contribution in [0.2, 0.25) is 5.02 Å². The topological polar surface area (TPSA) is 50.2 Å². The van der Waals surface area contributed by atoms with E-state index in [0.29, 0.717) is 11.1 Å². The molecule has 0 spiro atoms. The van der Waals surface area contributed by atoms with Gasteiger partial charge in [-0.25, -0.2) is 14.2 Å². The van der Waals surface area contributed by atoms with E-state index < -0.39 is 11.8 Å². The molecule has 0 aliphatic rings. The maximum atomic E-state index is 13.6. The first-order valence-corrected chi connectivity index (χ1v) is 6.52. The van der Waals surface area contributed by atoms with Crippen molar-refractivity contribution in [3.8, 4) is 11.3 Å². The molecule has 0 aliphatic carbocycles. The van der Waals surface area contributed by atoms with Crippen molar-refractivity contribution in [1.29, 1.82) is 0 Å². The van der Waals surface area contributed by atoms with Crippen LogP contribution < -0.4 is 0 Å². The SMILES string of the molecule is O=C(O)c1cc(-c2ccccc2)nc2cc(F)c(Cl)cc12. The van der Waals surface area contributed by atoms with Crippen LogP contribution in [0.15, 0.2) is 48.5 Å². The Bertz CT molecular complexity index is 850. The first-order valence-electron chi connectivity index (χ1n) is 6.15. The number of carbonyl (C=O) groups is 1. The molecule has 3 aromatic rings. The van der Waals surface area contributed by atoms with E-state index in [1.807, 2.05) is 30.3 Å². The van der Waals surface area contributed by atoms with Gasteiger partial charge in [0.2, 0.25) is 0 Å². The summed E-state index contributed by atoms with van der Waals surface area (Å²) in [6, 6.07) is 13.0. The first kappa shape index (κ1) is 13.5. The summed E-state index contributed by atoms with van der Waals surface area (Å²) in [5, 5.41) is 9.54. The lowest BCUT2D eigenvalue weighted by atomic mass is 10.0. The van der Waals surface area contributed by atoms with E-state index in [4.69, 9.17) is 11.6 Å². The van der Waals surface area contributed by atoms with Crippen molar-refractivity contribution in [1.82, 2.24) is 4.98 Å². The highest BCUT2D eigenvalue weighted by atomic mass is 35.5. The normalized spacial score (nSPS) is 10.8. The van der Waals surface area contributed by atoms with Crippen molar-refractivity contribution in [2.75, 3.05) is 0 Å². The Morgan fingerprint density at radius 2 is 1.86 bits per heavy atom. The van der Waals surface area contributed by atoms with Gasteiger partial charge in [0.25, 0.3) is 0 Å². The third kappa shape index (κ3) is 2.45. The molecule has 0 unspecified atom stereocenters. The van der Waals surface area contributed by atoms with E-state index >= 15 is 0 Å². The van der Waals surface area contributed by atoms with Gasteiger partial charge in [-0.1, -0.05) is 41.9 Å². The number of aromatic nitrogens is 1. The number of nitrogens with zero attached hydrogens (tertiary/aromatic N) is 1. The van der Waals surface area contributed by atoms with E-state index in [1.54, 1.807) is 0 Å². The summed E-state index contributed by atoms with van der Waals surface area (Å²) >= 11 is 5.73. The van der Waals surface area contributed by atoms with Crippen molar-refractivity contribution in [2.45, 2.75) is 0 Å². The second-order valence-corrected chi connectivity index (χ2v) is 4.92. The number of hydrogen-bond donors (Lipinski definition) is 1. The number of aromatic carboxylic acids is 1. The number of carboxylic acid groups (broad SMARTS) is 1. The van der Waals surface area contributed by atoms with Crippen LogP contribution >= 0.6 is 11.6 Å². The molecule has 1 heterocycles. The quantitative estimate of drug-likeness (QED) is 0.763. The van der Waals surface area contributed by atoms with Crippen LogP contribution in [-0.4, -0.2) is 16.1 Å². The lowest BCUT2D eigenvalue weighted by molar-refractivity contribution is 0.0699. The minimum atomic E-state index is -1.11. The number of fused-ring (bicyclic) bond motifs is 1. The van der Waals surface area contributed by atoms with Gasteiger partial charge in [-0.2, -0.15) is 0 Å². The average Bonchev–Trinajstić information content (AvgIpc) is 2.48. The highest BCUT2D eigenvalue weighted by Crippen LogP contribution is 2.28. The lowest BCUT2D eigenvalue weighted by Crippen LogP contribution is -2.01. The molecule has 0 saturated heterocycles. The fraction of sp³-hybridized carbons (Fsp3) is 0. The standard InChI is InChI=1S/C16H9ClFNO2/c17-12-6-10-11(16(20)21)7-14(9-4-2-1-3-5-9)19-15(10)8-13(12)18/h1-8H,(H,20,21). The summed E-state index contributed by atoms with van der Waals surface area (Å²) in [6.45, 7) is 0. The molecule has 1 N–H and O–H groups in total. The van der Waals surface area contributed by atoms with Crippen LogP contribution in [0.3, 0.4) is 0 Å². The maximum Gasteiger partial charge on any atom is 0.336 e. The Hall–Kier alpha value is -2.46. The molecule has 3 nitrogen and oxygen atoms in total. The maximum absolute atomic E-state index is 13.6. The Labute approximate surface area is 124 Å². The monoisotopic (exact) mass is 301 g/mol. The summed E-state index contributed by atoms with van der Waals surface area (Å²) in [5.41, 5.74) is 1.54. The van der Waals surface area contributed by atoms with Gasteiger partial charge < -0.3 is 5.11 Å². The van der Waals surface area contributed by atoms with Crippen LogP contribution in [0.25, 0.3) is 22.2 Å². The first-order chi connectivity index (χ1) is 10.1. The molecule has 0 fully saturated rings. The number of pyridine rings is 1. The van der Waals surface area contributed by atoms with Gasteiger partial charge in [0.15, 0.2) is 0 Å².